The number of rotatable bonds is 4. The van der Waals surface area contributed by atoms with Gasteiger partial charge in [-0.15, -0.1) is 0 Å². The summed E-state index contributed by atoms with van der Waals surface area (Å²) in [5.41, 5.74) is 0. The second-order valence-corrected chi connectivity index (χ2v) is 8.09. The van der Waals surface area contributed by atoms with Gasteiger partial charge in [0.1, 0.15) is 0 Å². The van der Waals surface area contributed by atoms with E-state index in [9.17, 15) is 0 Å². The Balaban J connectivity index is 1.55. The Morgan fingerprint density at radius 2 is 1.79 bits per heavy atom. The molecule has 0 saturated heterocycles. The van der Waals surface area contributed by atoms with Gasteiger partial charge in [0.15, 0.2) is 0 Å². The van der Waals surface area contributed by atoms with E-state index in [-0.39, 0.29) is 0 Å². The van der Waals surface area contributed by atoms with Crippen molar-refractivity contribution in [3.05, 3.63) is 0 Å². The first-order chi connectivity index (χ1) is 9.17. The average Bonchev–Trinajstić information content (AvgIpc) is 3.01. The molecule has 0 aromatic heterocycles. The summed E-state index contributed by atoms with van der Waals surface area (Å²) in [7, 11) is 2.21. The molecular weight excluding hydrogens is 230 g/mol. The summed E-state index contributed by atoms with van der Waals surface area (Å²) in [6.07, 6.45) is 12.1. The Morgan fingerprint density at radius 3 is 2.37 bits per heavy atom. The molecule has 0 spiro atoms. The minimum Gasteiger partial charge on any atom is -0.317 e. The third-order valence-corrected chi connectivity index (χ3v) is 7.02. The standard InChI is InChI=1S/C18H33N/c1-12-4-6-16(8-13(12)2)18(19-3)11-17-10-14-5-7-15(17)9-14/h12-19H,4-11H2,1-3H3. The minimum atomic E-state index is 0.805. The first-order valence-corrected chi connectivity index (χ1v) is 8.84. The summed E-state index contributed by atoms with van der Waals surface area (Å²) in [5, 5.41) is 3.69. The lowest BCUT2D eigenvalue weighted by Gasteiger charge is -2.38. The summed E-state index contributed by atoms with van der Waals surface area (Å²) in [6.45, 7) is 4.92. The van der Waals surface area contributed by atoms with Crippen molar-refractivity contribution in [1.29, 1.82) is 0 Å². The van der Waals surface area contributed by atoms with Crippen LogP contribution in [0.4, 0.5) is 0 Å². The van der Waals surface area contributed by atoms with Gasteiger partial charge >= 0.3 is 0 Å². The van der Waals surface area contributed by atoms with Crippen LogP contribution in [-0.4, -0.2) is 13.1 Å². The highest BCUT2D eigenvalue weighted by molar-refractivity contribution is 4.93. The van der Waals surface area contributed by atoms with Gasteiger partial charge in [0.2, 0.25) is 0 Å². The lowest BCUT2D eigenvalue weighted by Crippen LogP contribution is -2.39. The van der Waals surface area contributed by atoms with E-state index in [1.807, 2.05) is 0 Å². The number of fused-ring (bicyclic) bond motifs is 2. The molecule has 0 aliphatic heterocycles. The molecule has 1 nitrogen and oxygen atoms in total. The molecule has 0 aromatic carbocycles. The lowest BCUT2D eigenvalue weighted by atomic mass is 9.71. The van der Waals surface area contributed by atoms with Crippen LogP contribution in [0.25, 0.3) is 0 Å². The van der Waals surface area contributed by atoms with E-state index >= 15 is 0 Å². The predicted molar refractivity (Wildman–Crippen MR) is 82.1 cm³/mol. The van der Waals surface area contributed by atoms with E-state index in [0.717, 1.165) is 41.5 Å². The smallest absolute Gasteiger partial charge is 0.00951 e. The van der Waals surface area contributed by atoms with Gasteiger partial charge in [-0.3, -0.25) is 0 Å². The van der Waals surface area contributed by atoms with E-state index in [2.05, 4.69) is 26.2 Å². The number of hydrogen-bond donors (Lipinski definition) is 1. The Hall–Kier alpha value is -0.0400. The van der Waals surface area contributed by atoms with Gasteiger partial charge in [-0.2, -0.15) is 0 Å². The Morgan fingerprint density at radius 1 is 0.947 bits per heavy atom. The van der Waals surface area contributed by atoms with Gasteiger partial charge in [0.25, 0.3) is 0 Å². The van der Waals surface area contributed by atoms with Gasteiger partial charge in [-0.05, 0) is 81.1 Å². The van der Waals surface area contributed by atoms with Crippen molar-refractivity contribution >= 4 is 0 Å². The molecule has 3 aliphatic rings. The van der Waals surface area contributed by atoms with Crippen LogP contribution in [-0.2, 0) is 0 Å². The van der Waals surface area contributed by atoms with Gasteiger partial charge in [0, 0.05) is 6.04 Å². The van der Waals surface area contributed by atoms with Crippen LogP contribution in [0, 0.1) is 35.5 Å². The molecule has 2 bridgehead atoms. The first-order valence-electron chi connectivity index (χ1n) is 8.84. The minimum absolute atomic E-state index is 0.805. The van der Waals surface area contributed by atoms with Crippen LogP contribution in [0.1, 0.15) is 65.2 Å². The van der Waals surface area contributed by atoms with Crippen LogP contribution >= 0.6 is 0 Å². The van der Waals surface area contributed by atoms with Gasteiger partial charge in [-0.25, -0.2) is 0 Å². The molecule has 0 heterocycles. The van der Waals surface area contributed by atoms with Crippen molar-refractivity contribution in [2.75, 3.05) is 7.05 Å². The van der Waals surface area contributed by atoms with E-state index < -0.39 is 0 Å². The van der Waals surface area contributed by atoms with E-state index in [4.69, 9.17) is 0 Å². The number of nitrogens with one attached hydrogen (secondary N) is 1. The fourth-order valence-electron chi connectivity index (χ4n) is 5.49. The Labute approximate surface area is 119 Å². The maximum atomic E-state index is 3.69. The molecule has 0 radical (unpaired) electrons. The average molecular weight is 263 g/mol. The zero-order valence-corrected chi connectivity index (χ0v) is 13.2. The highest BCUT2D eigenvalue weighted by atomic mass is 14.9. The third-order valence-electron chi connectivity index (χ3n) is 7.02. The molecule has 7 unspecified atom stereocenters. The topological polar surface area (TPSA) is 12.0 Å². The fourth-order valence-corrected chi connectivity index (χ4v) is 5.49. The summed E-state index contributed by atoms with van der Waals surface area (Å²) in [4.78, 5) is 0. The summed E-state index contributed by atoms with van der Waals surface area (Å²) < 4.78 is 0. The highest BCUT2D eigenvalue weighted by Gasteiger charge is 2.41. The Kier molecular flexibility index (Phi) is 4.22. The molecule has 1 heteroatoms. The first kappa shape index (κ1) is 13.9. The predicted octanol–water partition coefficient (Wildman–Crippen LogP) is 4.47. The highest BCUT2D eigenvalue weighted by Crippen LogP contribution is 2.50. The van der Waals surface area contributed by atoms with Crippen LogP contribution in [0.2, 0.25) is 0 Å². The van der Waals surface area contributed by atoms with E-state index in [0.29, 0.717) is 0 Å². The number of hydrogen-bond acceptors (Lipinski definition) is 1. The quantitative estimate of drug-likeness (QED) is 0.789. The largest absolute Gasteiger partial charge is 0.317 e. The van der Waals surface area contributed by atoms with Gasteiger partial charge in [-0.1, -0.05) is 26.7 Å². The zero-order chi connectivity index (χ0) is 13.4. The van der Waals surface area contributed by atoms with E-state index in [1.165, 1.54) is 25.7 Å². The van der Waals surface area contributed by atoms with Gasteiger partial charge < -0.3 is 5.32 Å². The van der Waals surface area contributed by atoms with Crippen LogP contribution in [0.15, 0.2) is 0 Å². The van der Waals surface area contributed by atoms with E-state index in [1.54, 1.807) is 25.7 Å². The fraction of sp³-hybridized carbons (Fsp3) is 1.00. The van der Waals surface area contributed by atoms with Crippen LogP contribution < -0.4 is 5.32 Å². The van der Waals surface area contributed by atoms with Crippen molar-refractivity contribution in [3.8, 4) is 0 Å². The molecule has 0 amide bonds. The monoisotopic (exact) mass is 263 g/mol. The van der Waals surface area contributed by atoms with Crippen molar-refractivity contribution in [2.24, 2.45) is 35.5 Å². The molecule has 7 atom stereocenters. The Bertz CT molecular complexity index is 300. The molecule has 3 saturated carbocycles. The maximum Gasteiger partial charge on any atom is 0.00951 e. The molecule has 0 aromatic rings. The van der Waals surface area contributed by atoms with Crippen molar-refractivity contribution < 1.29 is 0 Å². The molecule has 110 valence electrons. The van der Waals surface area contributed by atoms with Gasteiger partial charge in [0.05, 0.1) is 0 Å². The van der Waals surface area contributed by atoms with Crippen LogP contribution in [0.3, 0.4) is 0 Å². The SMILES string of the molecule is CNC(CC1CC2CCC1C2)C1CCC(C)C(C)C1. The summed E-state index contributed by atoms with van der Waals surface area (Å²) >= 11 is 0. The van der Waals surface area contributed by atoms with Crippen molar-refractivity contribution in [2.45, 2.75) is 71.3 Å². The summed E-state index contributed by atoms with van der Waals surface area (Å²) in [6, 6.07) is 0.805. The molecule has 19 heavy (non-hydrogen) atoms. The normalized spacial score (nSPS) is 47.5. The summed E-state index contributed by atoms with van der Waals surface area (Å²) in [5.74, 6) is 6.12. The lowest BCUT2D eigenvalue weighted by molar-refractivity contribution is 0.150. The molecule has 1 N–H and O–H groups in total. The van der Waals surface area contributed by atoms with Crippen molar-refractivity contribution in [1.82, 2.24) is 5.32 Å². The molecule has 3 fully saturated rings. The second kappa shape index (κ2) is 5.76. The molecular formula is C18H33N. The molecule has 3 rings (SSSR count). The van der Waals surface area contributed by atoms with Crippen LogP contribution in [0.5, 0.6) is 0 Å². The second-order valence-electron chi connectivity index (χ2n) is 8.09. The maximum absolute atomic E-state index is 3.69. The third kappa shape index (κ3) is 2.86. The zero-order valence-electron chi connectivity index (χ0n) is 13.2. The van der Waals surface area contributed by atoms with Crippen molar-refractivity contribution in [3.63, 3.8) is 0 Å². The molecule has 3 aliphatic carbocycles.